The summed E-state index contributed by atoms with van der Waals surface area (Å²) in [5, 5.41) is 8.25. The average molecular weight is 447 g/mol. The van der Waals surface area contributed by atoms with Gasteiger partial charge in [-0.15, -0.1) is 0 Å². The molecule has 7 nitrogen and oxygen atoms in total. The van der Waals surface area contributed by atoms with E-state index in [2.05, 4.69) is 20.4 Å². The van der Waals surface area contributed by atoms with E-state index in [1.807, 2.05) is 0 Å². The summed E-state index contributed by atoms with van der Waals surface area (Å²) in [5.41, 5.74) is 7.30. The molecule has 0 radical (unpaired) electrons. The summed E-state index contributed by atoms with van der Waals surface area (Å²) in [6.45, 7) is 0. The van der Waals surface area contributed by atoms with Gasteiger partial charge in [-0.25, -0.2) is 9.97 Å². The summed E-state index contributed by atoms with van der Waals surface area (Å²) < 4.78 is 1.41. The van der Waals surface area contributed by atoms with Gasteiger partial charge in [0.25, 0.3) is 5.91 Å². The lowest BCUT2D eigenvalue weighted by atomic mass is 10.0. The molecule has 1 aromatic carbocycles. The normalized spacial score (nSPS) is 13.3. The SMILES string of the molecule is C1CCCCC1.Cn1nc(-c2ccnc(Nc3cc(Cl)cc(Cl)c3)n2)cc1C(N)=O. The second kappa shape index (κ2) is 10.4. The number of nitrogens with one attached hydrogen (secondary N) is 1. The van der Waals surface area contributed by atoms with Crippen LogP contribution in [-0.2, 0) is 7.05 Å². The zero-order chi connectivity index (χ0) is 21.5. The summed E-state index contributed by atoms with van der Waals surface area (Å²) in [7, 11) is 1.64. The highest BCUT2D eigenvalue weighted by atomic mass is 35.5. The Morgan fingerprint density at radius 1 is 1.00 bits per heavy atom. The first-order valence-corrected chi connectivity index (χ1v) is 10.6. The number of benzene rings is 1. The molecule has 2 aromatic heterocycles. The predicted octanol–water partition coefficient (Wildman–Crippen LogP) is 5.37. The molecule has 1 aliphatic carbocycles. The van der Waals surface area contributed by atoms with Gasteiger partial charge in [0.2, 0.25) is 5.95 Å². The maximum absolute atomic E-state index is 11.3. The zero-order valence-corrected chi connectivity index (χ0v) is 18.2. The lowest BCUT2D eigenvalue weighted by Gasteiger charge is -2.06. The van der Waals surface area contributed by atoms with Crippen LogP contribution in [0.25, 0.3) is 11.4 Å². The van der Waals surface area contributed by atoms with Crippen molar-refractivity contribution >= 4 is 40.7 Å². The highest BCUT2D eigenvalue weighted by Gasteiger charge is 2.13. The standard InChI is InChI=1S/C15H12Cl2N6O.C6H12/c1-23-13(14(18)24)7-12(22-23)11-2-3-19-15(21-11)20-10-5-8(16)4-9(17)6-10;1-2-4-6-5-3-1/h2-7H,1H3,(H2,18,24)(H,19,20,21);1-6H2. The summed E-state index contributed by atoms with van der Waals surface area (Å²) in [6.07, 6.45) is 10.6. The molecule has 0 unspecified atom stereocenters. The third-order valence-electron chi connectivity index (χ3n) is 4.67. The number of nitrogens with zero attached hydrogens (tertiary/aromatic N) is 4. The summed E-state index contributed by atoms with van der Waals surface area (Å²) in [5.74, 6) is -0.214. The molecule has 3 aromatic rings. The number of halogens is 2. The van der Waals surface area contributed by atoms with E-state index in [-0.39, 0.29) is 0 Å². The number of hydrogen-bond donors (Lipinski definition) is 2. The van der Waals surface area contributed by atoms with E-state index in [1.54, 1.807) is 43.6 Å². The van der Waals surface area contributed by atoms with Crippen molar-refractivity contribution in [1.82, 2.24) is 19.7 Å². The molecule has 0 aliphatic heterocycles. The molecule has 4 rings (SSSR count). The number of nitrogens with two attached hydrogens (primary N) is 1. The molecule has 1 saturated carbocycles. The molecule has 30 heavy (non-hydrogen) atoms. The quantitative estimate of drug-likeness (QED) is 0.561. The van der Waals surface area contributed by atoms with E-state index in [9.17, 15) is 4.79 Å². The molecule has 0 saturated heterocycles. The first-order valence-electron chi connectivity index (χ1n) is 9.83. The van der Waals surface area contributed by atoms with E-state index in [4.69, 9.17) is 28.9 Å². The molecule has 1 amide bonds. The highest BCUT2D eigenvalue weighted by Crippen LogP contribution is 2.25. The second-order valence-electron chi connectivity index (χ2n) is 7.07. The van der Waals surface area contributed by atoms with E-state index in [0.717, 1.165) is 0 Å². The molecule has 1 fully saturated rings. The second-order valence-corrected chi connectivity index (χ2v) is 7.95. The minimum absolute atomic E-state index is 0.291. The third-order valence-corrected chi connectivity index (χ3v) is 5.11. The van der Waals surface area contributed by atoms with Crippen molar-refractivity contribution in [3.63, 3.8) is 0 Å². The third kappa shape index (κ3) is 6.18. The van der Waals surface area contributed by atoms with Crippen LogP contribution in [0.3, 0.4) is 0 Å². The van der Waals surface area contributed by atoms with Gasteiger partial charge >= 0.3 is 0 Å². The fraction of sp³-hybridized carbons (Fsp3) is 0.333. The first-order chi connectivity index (χ1) is 14.4. The highest BCUT2D eigenvalue weighted by molar-refractivity contribution is 6.35. The minimum Gasteiger partial charge on any atom is -0.364 e. The molecule has 0 atom stereocenters. The number of amides is 1. The van der Waals surface area contributed by atoms with Crippen LogP contribution in [0.2, 0.25) is 10.0 Å². The van der Waals surface area contributed by atoms with Gasteiger partial charge in [0.1, 0.15) is 11.4 Å². The zero-order valence-electron chi connectivity index (χ0n) is 16.7. The molecule has 158 valence electrons. The van der Waals surface area contributed by atoms with Crippen LogP contribution in [0.15, 0.2) is 36.5 Å². The van der Waals surface area contributed by atoms with Gasteiger partial charge in [-0.05, 0) is 30.3 Å². The van der Waals surface area contributed by atoms with Crippen LogP contribution in [0.5, 0.6) is 0 Å². The van der Waals surface area contributed by atoms with Crippen molar-refractivity contribution in [3.05, 3.63) is 52.3 Å². The Bertz CT molecular complexity index is 985. The Labute approximate surface area is 185 Å². The Balaban J connectivity index is 0.000000367. The molecule has 9 heteroatoms. The monoisotopic (exact) mass is 446 g/mol. The largest absolute Gasteiger partial charge is 0.364 e. The summed E-state index contributed by atoms with van der Waals surface area (Å²) >= 11 is 11.9. The van der Waals surface area contributed by atoms with E-state index < -0.39 is 5.91 Å². The number of aromatic nitrogens is 4. The Hall–Kier alpha value is -2.64. The van der Waals surface area contributed by atoms with Crippen LogP contribution in [0.1, 0.15) is 49.0 Å². The van der Waals surface area contributed by atoms with Crippen molar-refractivity contribution in [2.75, 3.05) is 5.32 Å². The number of aryl methyl sites for hydroxylation is 1. The van der Waals surface area contributed by atoms with Gasteiger partial charge in [-0.2, -0.15) is 5.10 Å². The van der Waals surface area contributed by atoms with Gasteiger partial charge < -0.3 is 11.1 Å². The fourth-order valence-corrected chi connectivity index (χ4v) is 3.73. The lowest BCUT2D eigenvalue weighted by Crippen LogP contribution is -2.15. The first kappa shape index (κ1) is 22.1. The van der Waals surface area contributed by atoms with E-state index in [0.29, 0.717) is 38.8 Å². The fourth-order valence-electron chi connectivity index (χ4n) is 3.20. The lowest BCUT2D eigenvalue weighted by molar-refractivity contribution is 0.0991. The molecule has 0 spiro atoms. The van der Waals surface area contributed by atoms with Crippen LogP contribution in [-0.4, -0.2) is 25.7 Å². The van der Waals surface area contributed by atoms with Crippen LogP contribution >= 0.6 is 23.2 Å². The maximum Gasteiger partial charge on any atom is 0.266 e. The number of rotatable bonds is 4. The smallest absolute Gasteiger partial charge is 0.266 e. The minimum atomic E-state index is -0.558. The van der Waals surface area contributed by atoms with Gasteiger partial charge in [0, 0.05) is 29.0 Å². The number of primary amides is 1. The van der Waals surface area contributed by atoms with Gasteiger partial charge in [-0.3, -0.25) is 9.48 Å². The number of anilines is 2. The van der Waals surface area contributed by atoms with Crippen molar-refractivity contribution in [2.24, 2.45) is 12.8 Å². The van der Waals surface area contributed by atoms with E-state index in [1.165, 1.54) is 43.2 Å². The number of carbonyl (C=O) groups excluding carboxylic acids is 1. The Morgan fingerprint density at radius 2 is 1.60 bits per heavy atom. The van der Waals surface area contributed by atoms with Crippen LogP contribution in [0.4, 0.5) is 11.6 Å². The van der Waals surface area contributed by atoms with Crippen LogP contribution < -0.4 is 11.1 Å². The van der Waals surface area contributed by atoms with Crippen LogP contribution in [0, 0.1) is 0 Å². The maximum atomic E-state index is 11.3. The molecular weight excluding hydrogens is 423 g/mol. The van der Waals surface area contributed by atoms with Crippen molar-refractivity contribution in [3.8, 4) is 11.4 Å². The van der Waals surface area contributed by atoms with E-state index >= 15 is 0 Å². The van der Waals surface area contributed by atoms with Gasteiger partial charge in [-0.1, -0.05) is 61.7 Å². The molecular formula is C21H24Cl2N6O. The Morgan fingerprint density at radius 3 is 2.13 bits per heavy atom. The number of carbonyl (C=O) groups is 1. The average Bonchev–Trinajstić information content (AvgIpc) is 3.11. The molecule has 3 N–H and O–H groups in total. The predicted molar refractivity (Wildman–Crippen MR) is 120 cm³/mol. The summed E-state index contributed by atoms with van der Waals surface area (Å²) in [4.78, 5) is 19.9. The summed E-state index contributed by atoms with van der Waals surface area (Å²) in [6, 6.07) is 8.30. The van der Waals surface area contributed by atoms with Gasteiger partial charge in [0.05, 0.1) is 5.69 Å². The number of hydrogen-bond acceptors (Lipinski definition) is 5. The topological polar surface area (TPSA) is 98.7 Å². The molecule has 2 heterocycles. The van der Waals surface area contributed by atoms with Crippen molar-refractivity contribution < 1.29 is 4.79 Å². The Kier molecular flexibility index (Phi) is 7.65. The molecule has 0 bridgehead atoms. The van der Waals surface area contributed by atoms with Gasteiger partial charge in [0.15, 0.2) is 0 Å². The van der Waals surface area contributed by atoms with Crippen molar-refractivity contribution in [2.45, 2.75) is 38.5 Å². The molecule has 1 aliphatic rings. The van der Waals surface area contributed by atoms with Crippen molar-refractivity contribution in [1.29, 1.82) is 0 Å².